The molecule has 0 heterocycles. The van der Waals surface area contributed by atoms with E-state index >= 15 is 0 Å². The van der Waals surface area contributed by atoms with Crippen LogP contribution in [0.5, 0.6) is 5.75 Å². The predicted octanol–water partition coefficient (Wildman–Crippen LogP) is 1.36. The first kappa shape index (κ1) is 22.1. The van der Waals surface area contributed by atoms with Gasteiger partial charge in [0, 0.05) is 18.2 Å². The normalized spacial score (nSPS) is 10.8. The highest BCUT2D eigenvalue weighted by Gasteiger charge is 2.17. The number of amides is 1. The Morgan fingerprint density at radius 1 is 1.03 bits per heavy atom. The Labute approximate surface area is 168 Å². The molecule has 0 aliphatic rings. The van der Waals surface area contributed by atoms with Crippen LogP contribution >= 0.6 is 0 Å². The molecule has 2 aromatic carbocycles. The number of hydrogen-bond acceptors (Lipinski definition) is 7. The number of ketones is 1. The minimum absolute atomic E-state index is 0.0909. The fourth-order valence-electron chi connectivity index (χ4n) is 2.23. The molecule has 0 aliphatic carbocycles. The van der Waals surface area contributed by atoms with Crippen LogP contribution in [0, 0.1) is 0 Å². The van der Waals surface area contributed by atoms with Crippen LogP contribution in [-0.2, 0) is 24.3 Å². The monoisotopic (exact) mass is 420 g/mol. The Morgan fingerprint density at radius 3 is 2.34 bits per heavy atom. The molecule has 10 heteroatoms. The summed E-state index contributed by atoms with van der Waals surface area (Å²) < 4.78 is 36.4. The van der Waals surface area contributed by atoms with Crippen molar-refractivity contribution in [2.75, 3.05) is 25.6 Å². The number of carbonyl (C=O) groups is 3. The largest absolute Gasteiger partial charge is 0.497 e. The number of methoxy groups -OCH3 is 1. The molecular weight excluding hydrogens is 400 g/mol. The first-order valence-corrected chi connectivity index (χ1v) is 9.90. The third kappa shape index (κ3) is 6.70. The second kappa shape index (κ2) is 9.80. The first-order valence-electron chi connectivity index (χ1n) is 8.41. The molecule has 0 atom stereocenters. The van der Waals surface area contributed by atoms with E-state index in [-0.39, 0.29) is 10.8 Å². The van der Waals surface area contributed by atoms with Gasteiger partial charge in [-0.1, -0.05) is 12.1 Å². The van der Waals surface area contributed by atoms with Crippen LogP contribution in [0.4, 0.5) is 5.69 Å². The van der Waals surface area contributed by atoms with E-state index in [9.17, 15) is 22.8 Å². The van der Waals surface area contributed by atoms with E-state index in [1.165, 1.54) is 44.4 Å². The molecule has 0 bridgehead atoms. The van der Waals surface area contributed by atoms with Gasteiger partial charge in [-0.15, -0.1) is 0 Å². The number of anilines is 1. The SMILES string of the molecule is COc1cccc(C(=O)COC(=O)CNS(=O)(=O)c2ccc(NC(C)=O)cc2)c1. The maximum Gasteiger partial charge on any atom is 0.321 e. The minimum atomic E-state index is -3.97. The Morgan fingerprint density at radius 2 is 1.72 bits per heavy atom. The van der Waals surface area contributed by atoms with E-state index in [0.29, 0.717) is 17.0 Å². The highest BCUT2D eigenvalue weighted by Crippen LogP contribution is 2.14. The third-order valence-corrected chi connectivity index (χ3v) is 5.06. The number of carbonyl (C=O) groups excluding carboxylic acids is 3. The van der Waals surface area contributed by atoms with Crippen LogP contribution < -0.4 is 14.8 Å². The molecule has 0 radical (unpaired) electrons. The van der Waals surface area contributed by atoms with Crippen LogP contribution in [-0.4, -0.2) is 46.3 Å². The molecular formula is C19H20N2O7S. The summed E-state index contributed by atoms with van der Waals surface area (Å²) in [7, 11) is -2.50. The zero-order valence-electron chi connectivity index (χ0n) is 15.8. The lowest BCUT2D eigenvalue weighted by Crippen LogP contribution is -2.31. The highest BCUT2D eigenvalue weighted by molar-refractivity contribution is 7.89. The van der Waals surface area contributed by atoms with E-state index in [2.05, 4.69) is 10.0 Å². The number of sulfonamides is 1. The van der Waals surface area contributed by atoms with Gasteiger partial charge in [-0.25, -0.2) is 8.42 Å². The quantitative estimate of drug-likeness (QED) is 0.463. The summed E-state index contributed by atoms with van der Waals surface area (Å²) >= 11 is 0. The average Bonchev–Trinajstić information content (AvgIpc) is 2.70. The summed E-state index contributed by atoms with van der Waals surface area (Å²) in [5.74, 6) is -1.15. The zero-order chi connectivity index (χ0) is 21.4. The fourth-order valence-corrected chi connectivity index (χ4v) is 3.20. The lowest BCUT2D eigenvalue weighted by molar-refractivity contribution is -0.141. The number of rotatable bonds is 9. The Hall–Kier alpha value is -3.24. The predicted molar refractivity (Wildman–Crippen MR) is 104 cm³/mol. The summed E-state index contributed by atoms with van der Waals surface area (Å²) in [4.78, 5) is 34.7. The van der Waals surface area contributed by atoms with Crippen LogP contribution in [0.2, 0.25) is 0 Å². The topological polar surface area (TPSA) is 128 Å². The van der Waals surface area contributed by atoms with Gasteiger partial charge in [-0.05, 0) is 36.4 Å². The zero-order valence-corrected chi connectivity index (χ0v) is 16.6. The molecule has 2 rings (SSSR count). The second-order valence-electron chi connectivity index (χ2n) is 5.85. The molecule has 0 spiro atoms. The van der Waals surface area contributed by atoms with Crippen molar-refractivity contribution in [2.45, 2.75) is 11.8 Å². The molecule has 9 nitrogen and oxygen atoms in total. The van der Waals surface area contributed by atoms with E-state index < -0.39 is 34.9 Å². The van der Waals surface area contributed by atoms with E-state index in [1.54, 1.807) is 18.2 Å². The molecule has 2 N–H and O–H groups in total. The van der Waals surface area contributed by atoms with Crippen molar-refractivity contribution in [1.29, 1.82) is 0 Å². The molecule has 29 heavy (non-hydrogen) atoms. The van der Waals surface area contributed by atoms with Crippen LogP contribution in [0.15, 0.2) is 53.4 Å². The lowest BCUT2D eigenvalue weighted by Gasteiger charge is -2.08. The molecule has 0 unspecified atom stereocenters. The third-order valence-electron chi connectivity index (χ3n) is 3.65. The van der Waals surface area contributed by atoms with Gasteiger partial charge in [0.2, 0.25) is 15.9 Å². The molecule has 2 aromatic rings. The number of benzene rings is 2. The van der Waals surface area contributed by atoms with Crippen molar-refractivity contribution in [3.05, 3.63) is 54.1 Å². The molecule has 0 saturated heterocycles. The first-order chi connectivity index (χ1) is 13.7. The Kier molecular flexibility index (Phi) is 7.46. The van der Waals surface area contributed by atoms with Gasteiger partial charge < -0.3 is 14.8 Å². The van der Waals surface area contributed by atoms with Gasteiger partial charge in [-0.3, -0.25) is 14.4 Å². The van der Waals surface area contributed by atoms with Crippen LogP contribution in [0.1, 0.15) is 17.3 Å². The summed E-state index contributed by atoms with van der Waals surface area (Å²) in [5.41, 5.74) is 0.740. The average molecular weight is 420 g/mol. The molecule has 0 saturated carbocycles. The molecule has 1 amide bonds. The Bertz CT molecular complexity index is 1000. The Balaban J connectivity index is 1.87. The van der Waals surface area contributed by atoms with Crippen molar-refractivity contribution in [3.63, 3.8) is 0 Å². The van der Waals surface area contributed by atoms with Gasteiger partial charge in [0.05, 0.1) is 12.0 Å². The van der Waals surface area contributed by atoms with Gasteiger partial charge in [-0.2, -0.15) is 4.72 Å². The number of nitrogens with one attached hydrogen (secondary N) is 2. The van der Waals surface area contributed by atoms with E-state index in [1.807, 2.05) is 0 Å². The molecule has 0 aliphatic heterocycles. The van der Waals surface area contributed by atoms with Crippen molar-refractivity contribution in [2.24, 2.45) is 0 Å². The van der Waals surface area contributed by atoms with Gasteiger partial charge in [0.1, 0.15) is 12.3 Å². The standard InChI is InChI=1S/C19H20N2O7S/c1-13(22)21-15-6-8-17(9-7-15)29(25,26)20-11-19(24)28-12-18(23)14-4-3-5-16(10-14)27-2/h3-10,20H,11-12H2,1-2H3,(H,21,22). The van der Waals surface area contributed by atoms with Crippen LogP contribution in [0.3, 0.4) is 0 Å². The maximum absolute atomic E-state index is 12.2. The van der Waals surface area contributed by atoms with Gasteiger partial charge in [0.15, 0.2) is 12.4 Å². The van der Waals surface area contributed by atoms with Gasteiger partial charge >= 0.3 is 5.97 Å². The van der Waals surface area contributed by atoms with Crippen LogP contribution in [0.25, 0.3) is 0 Å². The maximum atomic E-state index is 12.2. The molecule has 154 valence electrons. The number of hydrogen-bond donors (Lipinski definition) is 2. The fraction of sp³-hybridized carbons (Fsp3) is 0.211. The highest BCUT2D eigenvalue weighted by atomic mass is 32.2. The van der Waals surface area contributed by atoms with Crippen molar-refractivity contribution in [1.82, 2.24) is 4.72 Å². The number of Topliss-reactive ketones (excluding diaryl/α,β-unsaturated/α-hetero) is 1. The summed E-state index contributed by atoms with van der Waals surface area (Å²) in [6.45, 7) is 0.164. The summed E-state index contributed by atoms with van der Waals surface area (Å²) in [6, 6.07) is 11.7. The smallest absolute Gasteiger partial charge is 0.321 e. The van der Waals surface area contributed by atoms with Crippen molar-refractivity contribution >= 4 is 33.4 Å². The van der Waals surface area contributed by atoms with E-state index in [0.717, 1.165) is 0 Å². The van der Waals surface area contributed by atoms with Crippen molar-refractivity contribution < 1.29 is 32.3 Å². The summed E-state index contributed by atoms with van der Waals surface area (Å²) in [5, 5.41) is 2.51. The number of ether oxygens (including phenoxy) is 2. The lowest BCUT2D eigenvalue weighted by atomic mass is 10.1. The van der Waals surface area contributed by atoms with Gasteiger partial charge in [0.25, 0.3) is 0 Å². The van der Waals surface area contributed by atoms with E-state index in [4.69, 9.17) is 9.47 Å². The number of esters is 1. The summed E-state index contributed by atoms with van der Waals surface area (Å²) in [6.07, 6.45) is 0. The van der Waals surface area contributed by atoms with Crippen molar-refractivity contribution in [3.8, 4) is 5.75 Å². The minimum Gasteiger partial charge on any atom is -0.497 e. The molecule has 0 aromatic heterocycles. The molecule has 0 fully saturated rings. The second-order valence-corrected chi connectivity index (χ2v) is 7.61.